The summed E-state index contributed by atoms with van der Waals surface area (Å²) in [5.41, 5.74) is 6.58. The fourth-order valence-corrected chi connectivity index (χ4v) is 2.70. The lowest BCUT2D eigenvalue weighted by molar-refractivity contribution is -0.125. The fraction of sp³-hybridized carbons (Fsp3) is 0.562. The van der Waals surface area contributed by atoms with Gasteiger partial charge in [-0.2, -0.15) is 0 Å². The smallest absolute Gasteiger partial charge is 0.246 e. The van der Waals surface area contributed by atoms with Crippen LogP contribution < -0.4 is 11.1 Å². The predicted octanol–water partition coefficient (Wildman–Crippen LogP) is 0.915. The maximum absolute atomic E-state index is 11.8. The first-order valence-corrected chi connectivity index (χ1v) is 7.65. The number of nitrogens with two attached hydrogens (primary N) is 1. The molecule has 1 unspecified atom stereocenters. The molecule has 0 aliphatic carbocycles. The molecule has 0 aromatic heterocycles. The molecular formula is C16H25N3O2. The highest BCUT2D eigenvalue weighted by Gasteiger charge is 2.23. The number of carbonyl (C=O) groups excluding carboxylic acids is 1. The minimum absolute atomic E-state index is 0.0800. The molecule has 3 N–H and O–H groups in total. The number of nitrogens with zero attached hydrogens (tertiary/aromatic N) is 1. The van der Waals surface area contributed by atoms with E-state index in [-0.39, 0.29) is 18.6 Å². The van der Waals surface area contributed by atoms with Crippen LogP contribution in [0.25, 0.3) is 0 Å². The molecule has 1 aromatic carbocycles. The van der Waals surface area contributed by atoms with Crippen molar-refractivity contribution in [2.45, 2.75) is 18.9 Å². The zero-order valence-corrected chi connectivity index (χ0v) is 12.5. The Morgan fingerprint density at radius 1 is 1.29 bits per heavy atom. The van der Waals surface area contributed by atoms with Crippen LogP contribution in [0.15, 0.2) is 30.3 Å². The van der Waals surface area contributed by atoms with Crippen LogP contribution in [0.1, 0.15) is 24.4 Å². The molecule has 1 aromatic rings. The Morgan fingerprint density at radius 3 is 2.67 bits per heavy atom. The zero-order valence-electron chi connectivity index (χ0n) is 12.5. The van der Waals surface area contributed by atoms with Gasteiger partial charge in [-0.3, -0.25) is 9.69 Å². The molecule has 1 aliphatic heterocycles. The van der Waals surface area contributed by atoms with Crippen molar-refractivity contribution in [2.75, 3.05) is 39.4 Å². The Balaban J connectivity index is 1.89. The van der Waals surface area contributed by atoms with Crippen molar-refractivity contribution in [2.24, 2.45) is 5.73 Å². The molecule has 1 atom stereocenters. The lowest BCUT2D eigenvalue weighted by atomic mass is 10.1. The molecule has 5 nitrogen and oxygen atoms in total. The van der Waals surface area contributed by atoms with E-state index < -0.39 is 0 Å². The third-order valence-corrected chi connectivity index (χ3v) is 3.75. The molecule has 1 amide bonds. The van der Waals surface area contributed by atoms with Crippen LogP contribution >= 0.6 is 0 Å². The Kier molecular flexibility index (Phi) is 6.66. The second-order valence-corrected chi connectivity index (χ2v) is 5.31. The van der Waals surface area contributed by atoms with Crippen LogP contribution in [-0.2, 0) is 9.53 Å². The summed E-state index contributed by atoms with van der Waals surface area (Å²) in [7, 11) is 0. The van der Waals surface area contributed by atoms with E-state index in [2.05, 4.69) is 22.3 Å². The number of hydrogen-bond acceptors (Lipinski definition) is 4. The van der Waals surface area contributed by atoms with E-state index in [9.17, 15) is 4.79 Å². The second-order valence-electron chi connectivity index (χ2n) is 5.31. The van der Waals surface area contributed by atoms with Crippen molar-refractivity contribution in [1.29, 1.82) is 0 Å². The maximum Gasteiger partial charge on any atom is 0.246 e. The second kappa shape index (κ2) is 8.77. The monoisotopic (exact) mass is 291 g/mol. The molecular weight excluding hydrogens is 266 g/mol. The molecule has 5 heteroatoms. The van der Waals surface area contributed by atoms with Gasteiger partial charge in [-0.25, -0.2) is 0 Å². The molecule has 1 aliphatic rings. The van der Waals surface area contributed by atoms with Crippen molar-refractivity contribution in [3.8, 4) is 0 Å². The Labute approximate surface area is 126 Å². The first-order valence-electron chi connectivity index (χ1n) is 7.65. The number of nitrogens with one attached hydrogen (secondary N) is 1. The molecule has 116 valence electrons. The molecule has 0 spiro atoms. The van der Waals surface area contributed by atoms with Crippen LogP contribution in [-0.4, -0.2) is 50.2 Å². The van der Waals surface area contributed by atoms with E-state index in [0.29, 0.717) is 19.7 Å². The van der Waals surface area contributed by atoms with Gasteiger partial charge in [-0.05, 0) is 31.5 Å². The van der Waals surface area contributed by atoms with E-state index in [1.54, 1.807) is 0 Å². The van der Waals surface area contributed by atoms with Gasteiger partial charge in [0.15, 0.2) is 0 Å². The molecule has 0 saturated carbocycles. The Morgan fingerprint density at radius 2 is 2.00 bits per heavy atom. The average molecular weight is 291 g/mol. The van der Waals surface area contributed by atoms with Crippen LogP contribution in [0.4, 0.5) is 0 Å². The first kappa shape index (κ1) is 15.9. The van der Waals surface area contributed by atoms with Crippen molar-refractivity contribution >= 4 is 5.91 Å². The van der Waals surface area contributed by atoms with Crippen molar-refractivity contribution in [3.05, 3.63) is 35.9 Å². The number of ether oxygens (including phenoxy) is 1. The molecule has 0 bridgehead atoms. The summed E-state index contributed by atoms with van der Waals surface area (Å²) in [5.74, 6) is -0.0800. The summed E-state index contributed by atoms with van der Waals surface area (Å²) >= 11 is 0. The minimum atomic E-state index is -0.0800. The molecule has 0 radical (unpaired) electrons. The SMILES string of the molecule is NCCOCC(=O)NCC(c1ccccc1)N1CCCC1. The van der Waals surface area contributed by atoms with Gasteiger partial charge in [-0.1, -0.05) is 30.3 Å². The quantitative estimate of drug-likeness (QED) is 0.699. The number of likely N-dealkylation sites (tertiary alicyclic amines) is 1. The normalized spacial score (nSPS) is 16.8. The Bertz CT molecular complexity index is 419. The molecule has 2 rings (SSSR count). The summed E-state index contributed by atoms with van der Waals surface area (Å²) < 4.78 is 5.16. The summed E-state index contributed by atoms with van der Waals surface area (Å²) in [4.78, 5) is 14.2. The number of amides is 1. The summed E-state index contributed by atoms with van der Waals surface area (Å²) in [6.45, 7) is 3.75. The van der Waals surface area contributed by atoms with E-state index in [0.717, 1.165) is 13.1 Å². The maximum atomic E-state index is 11.8. The van der Waals surface area contributed by atoms with Gasteiger partial charge in [0.05, 0.1) is 12.6 Å². The third kappa shape index (κ3) is 5.12. The van der Waals surface area contributed by atoms with E-state index in [1.165, 1.54) is 18.4 Å². The van der Waals surface area contributed by atoms with Gasteiger partial charge in [-0.15, -0.1) is 0 Å². The van der Waals surface area contributed by atoms with Crippen molar-refractivity contribution in [1.82, 2.24) is 10.2 Å². The molecule has 1 heterocycles. The summed E-state index contributed by atoms with van der Waals surface area (Å²) in [5, 5.41) is 2.97. The summed E-state index contributed by atoms with van der Waals surface area (Å²) in [6.07, 6.45) is 2.47. The largest absolute Gasteiger partial charge is 0.370 e. The minimum Gasteiger partial charge on any atom is -0.370 e. The van der Waals surface area contributed by atoms with Crippen LogP contribution in [0.3, 0.4) is 0 Å². The number of rotatable bonds is 8. The molecule has 1 fully saturated rings. The standard InChI is InChI=1S/C16H25N3O2/c17-8-11-21-13-16(20)18-12-15(19-9-4-5-10-19)14-6-2-1-3-7-14/h1-3,6-7,15H,4-5,8-13,17H2,(H,18,20). The number of hydrogen-bond donors (Lipinski definition) is 2. The van der Waals surface area contributed by atoms with Crippen LogP contribution in [0.2, 0.25) is 0 Å². The Hall–Kier alpha value is -1.43. The van der Waals surface area contributed by atoms with Gasteiger partial charge in [0.2, 0.25) is 5.91 Å². The predicted molar refractivity (Wildman–Crippen MR) is 82.9 cm³/mol. The lowest BCUT2D eigenvalue weighted by Crippen LogP contribution is -2.38. The van der Waals surface area contributed by atoms with Gasteiger partial charge < -0.3 is 15.8 Å². The molecule has 1 saturated heterocycles. The highest BCUT2D eigenvalue weighted by atomic mass is 16.5. The number of carbonyl (C=O) groups is 1. The topological polar surface area (TPSA) is 67.6 Å². The lowest BCUT2D eigenvalue weighted by Gasteiger charge is -2.28. The van der Waals surface area contributed by atoms with E-state index in [1.807, 2.05) is 18.2 Å². The van der Waals surface area contributed by atoms with Gasteiger partial charge in [0.25, 0.3) is 0 Å². The van der Waals surface area contributed by atoms with Crippen LogP contribution in [0, 0.1) is 0 Å². The van der Waals surface area contributed by atoms with E-state index in [4.69, 9.17) is 10.5 Å². The number of benzene rings is 1. The van der Waals surface area contributed by atoms with Crippen molar-refractivity contribution < 1.29 is 9.53 Å². The molecule has 21 heavy (non-hydrogen) atoms. The third-order valence-electron chi connectivity index (χ3n) is 3.75. The summed E-state index contributed by atoms with van der Waals surface area (Å²) in [6, 6.07) is 10.6. The first-order chi connectivity index (χ1) is 10.3. The zero-order chi connectivity index (χ0) is 14.9. The fourth-order valence-electron chi connectivity index (χ4n) is 2.70. The highest BCUT2D eigenvalue weighted by Crippen LogP contribution is 2.24. The van der Waals surface area contributed by atoms with E-state index >= 15 is 0 Å². The van der Waals surface area contributed by atoms with Crippen LogP contribution in [0.5, 0.6) is 0 Å². The average Bonchev–Trinajstić information content (AvgIpc) is 3.03. The highest BCUT2D eigenvalue weighted by molar-refractivity contribution is 5.77. The van der Waals surface area contributed by atoms with Gasteiger partial charge in [0, 0.05) is 13.1 Å². The van der Waals surface area contributed by atoms with Crippen molar-refractivity contribution in [3.63, 3.8) is 0 Å². The van der Waals surface area contributed by atoms with Gasteiger partial charge >= 0.3 is 0 Å². The van der Waals surface area contributed by atoms with Gasteiger partial charge in [0.1, 0.15) is 6.61 Å².